The lowest BCUT2D eigenvalue weighted by molar-refractivity contribution is -0.147. The van der Waals surface area contributed by atoms with E-state index < -0.39 is 20.1 Å². The van der Waals surface area contributed by atoms with Crippen molar-refractivity contribution in [3.05, 3.63) is 24.3 Å². The number of unbranched alkanes of at least 4 members (excludes halogenated alkanes) is 3. The Kier molecular flexibility index (Phi) is 14.0. The number of ether oxygens (including phenoxy) is 2. The third-order valence-corrected chi connectivity index (χ3v) is 12.2. The van der Waals surface area contributed by atoms with Crippen LogP contribution in [0.5, 0.6) is 0 Å². The second kappa shape index (κ2) is 15.3. The summed E-state index contributed by atoms with van der Waals surface area (Å²) in [4.78, 5) is 23.6. The fourth-order valence-electron chi connectivity index (χ4n) is 4.35. The molecule has 0 saturated carbocycles. The van der Waals surface area contributed by atoms with E-state index in [9.17, 15) is 9.59 Å². The molecular weight excluding hydrogens is 484 g/mol. The molecule has 0 aromatic carbocycles. The zero-order chi connectivity index (χ0) is 28.3. The first-order valence-electron chi connectivity index (χ1n) is 14.1. The molecule has 1 rings (SSSR count). The van der Waals surface area contributed by atoms with Crippen molar-refractivity contribution in [3.63, 3.8) is 0 Å². The van der Waals surface area contributed by atoms with Gasteiger partial charge in [-0.1, -0.05) is 71.3 Å². The molecule has 1 saturated heterocycles. The van der Waals surface area contributed by atoms with Crippen molar-refractivity contribution in [3.8, 4) is 0 Å². The van der Waals surface area contributed by atoms with Gasteiger partial charge in [0.1, 0.15) is 5.78 Å². The first-order chi connectivity index (χ1) is 17.1. The molecule has 6 nitrogen and oxygen atoms in total. The molecule has 0 unspecified atom stereocenters. The number of hydrogen-bond donors (Lipinski definition) is 1. The van der Waals surface area contributed by atoms with Crippen molar-refractivity contribution >= 4 is 20.1 Å². The maximum atomic E-state index is 12.9. The Hall–Kier alpha value is -1.28. The fourth-order valence-corrected chi connectivity index (χ4v) is 5.65. The van der Waals surface area contributed by atoms with Crippen LogP contribution in [0.15, 0.2) is 24.3 Å². The van der Waals surface area contributed by atoms with Gasteiger partial charge in [0.2, 0.25) is 0 Å². The molecule has 1 aliphatic rings. The minimum atomic E-state index is -1.97. The van der Waals surface area contributed by atoms with E-state index in [1.165, 1.54) is 6.42 Å². The Balaban J connectivity index is 3.17. The molecule has 7 heteroatoms. The Morgan fingerprint density at radius 1 is 1.14 bits per heavy atom. The van der Waals surface area contributed by atoms with E-state index in [-0.39, 0.29) is 41.3 Å². The standard InChI is InChI=1S/C30H54O6Si/c1-10-11-14-17-24(36-37(8,9)29(3,4)5)20-21-26(27-22-34-30(6,7)35-27)25(23(2)31)18-15-12-13-16-19-28(32)33/h12,15,20-21,24-27H,10-11,13-14,16-19,22H2,1-9H3,(H,32,33)/b15-12-,21-20+/t24-,25-,26+,27-/m0/s1. The van der Waals surface area contributed by atoms with Crippen LogP contribution in [0.4, 0.5) is 0 Å². The smallest absolute Gasteiger partial charge is 0.303 e. The van der Waals surface area contributed by atoms with Crippen LogP contribution in [0.2, 0.25) is 18.1 Å². The van der Waals surface area contributed by atoms with Gasteiger partial charge in [-0.25, -0.2) is 0 Å². The summed E-state index contributed by atoms with van der Waals surface area (Å²) < 4.78 is 19.0. The number of aliphatic carboxylic acids is 1. The van der Waals surface area contributed by atoms with Crippen LogP contribution >= 0.6 is 0 Å². The van der Waals surface area contributed by atoms with Crippen LogP contribution in [-0.2, 0) is 23.5 Å². The Bertz CT molecular complexity index is 765. The lowest BCUT2D eigenvalue weighted by Crippen LogP contribution is -2.43. The monoisotopic (exact) mass is 538 g/mol. The van der Waals surface area contributed by atoms with Gasteiger partial charge in [-0.15, -0.1) is 0 Å². The van der Waals surface area contributed by atoms with E-state index in [0.717, 1.165) is 19.3 Å². The summed E-state index contributed by atoms with van der Waals surface area (Å²) in [5.41, 5.74) is 0. The molecule has 0 amide bonds. The number of carboxylic acids is 1. The molecule has 1 N–H and O–H groups in total. The molecule has 0 aromatic heterocycles. The highest BCUT2D eigenvalue weighted by Crippen LogP contribution is 2.38. The molecule has 1 aliphatic heterocycles. The number of carbonyl (C=O) groups is 2. The van der Waals surface area contributed by atoms with Crippen molar-refractivity contribution < 1.29 is 28.6 Å². The van der Waals surface area contributed by atoms with Gasteiger partial charge in [0.15, 0.2) is 14.1 Å². The van der Waals surface area contributed by atoms with Crippen LogP contribution in [-0.4, -0.2) is 49.8 Å². The predicted octanol–water partition coefficient (Wildman–Crippen LogP) is 7.69. The summed E-state index contributed by atoms with van der Waals surface area (Å²) in [7, 11) is -1.97. The lowest BCUT2D eigenvalue weighted by Gasteiger charge is -2.39. The zero-order valence-corrected chi connectivity index (χ0v) is 26.0. The second-order valence-electron chi connectivity index (χ2n) is 12.5. The van der Waals surface area contributed by atoms with Crippen molar-refractivity contribution in [2.75, 3.05) is 6.61 Å². The SMILES string of the molecule is CCCCC[C@@H](/C=C/[C@@H]([C@@H]1COC(C)(C)O1)[C@@H](C/C=C\CCCC(=O)O)C(C)=O)O[Si](C)(C)C(C)(C)C. The summed E-state index contributed by atoms with van der Waals surface area (Å²) in [5, 5.41) is 8.96. The molecule has 0 radical (unpaired) electrons. The average molecular weight is 539 g/mol. The number of carbonyl (C=O) groups excluding carboxylic acids is 1. The summed E-state index contributed by atoms with van der Waals surface area (Å²) in [6, 6.07) is 0. The molecule has 0 spiro atoms. The summed E-state index contributed by atoms with van der Waals surface area (Å²) in [6.07, 6.45) is 14.6. The van der Waals surface area contributed by atoms with Crippen LogP contribution in [0.1, 0.15) is 99.8 Å². The largest absolute Gasteiger partial charge is 0.481 e. The highest BCUT2D eigenvalue weighted by Gasteiger charge is 2.41. The maximum absolute atomic E-state index is 12.9. The molecular formula is C30H54O6Si. The molecule has 0 aliphatic carbocycles. The van der Waals surface area contributed by atoms with Crippen molar-refractivity contribution in [2.24, 2.45) is 11.8 Å². The first kappa shape index (κ1) is 33.7. The number of carboxylic acid groups (broad SMARTS) is 1. The summed E-state index contributed by atoms with van der Waals surface area (Å²) in [5.74, 6) is -1.73. The van der Waals surface area contributed by atoms with Crippen LogP contribution < -0.4 is 0 Å². The predicted molar refractivity (Wildman–Crippen MR) is 153 cm³/mol. The van der Waals surface area contributed by atoms with E-state index >= 15 is 0 Å². The molecule has 0 aromatic rings. The van der Waals surface area contributed by atoms with E-state index in [4.69, 9.17) is 19.0 Å². The van der Waals surface area contributed by atoms with Gasteiger partial charge in [0.25, 0.3) is 0 Å². The topological polar surface area (TPSA) is 82.1 Å². The quantitative estimate of drug-likeness (QED) is 0.116. The fraction of sp³-hybridized carbons (Fsp3) is 0.800. The number of allylic oxidation sites excluding steroid dienone is 2. The minimum Gasteiger partial charge on any atom is -0.481 e. The third kappa shape index (κ3) is 12.4. The van der Waals surface area contributed by atoms with E-state index in [0.29, 0.717) is 25.9 Å². The van der Waals surface area contributed by atoms with Gasteiger partial charge < -0.3 is 19.0 Å². The third-order valence-electron chi connectivity index (χ3n) is 7.66. The van der Waals surface area contributed by atoms with Crippen molar-refractivity contribution in [2.45, 2.75) is 136 Å². The lowest BCUT2D eigenvalue weighted by atomic mass is 9.82. The number of Topliss-reactive ketones (excluding diaryl/α,β-unsaturated/α-hetero) is 1. The van der Waals surface area contributed by atoms with E-state index in [1.54, 1.807) is 6.92 Å². The van der Waals surface area contributed by atoms with Gasteiger partial charge in [-0.3, -0.25) is 9.59 Å². The molecule has 214 valence electrons. The van der Waals surface area contributed by atoms with Crippen LogP contribution in [0.25, 0.3) is 0 Å². The second-order valence-corrected chi connectivity index (χ2v) is 17.2. The van der Waals surface area contributed by atoms with E-state index in [2.05, 4.69) is 52.9 Å². The Labute approximate surface area is 227 Å². The molecule has 4 atom stereocenters. The van der Waals surface area contributed by atoms with Gasteiger partial charge >= 0.3 is 5.97 Å². The van der Waals surface area contributed by atoms with Crippen LogP contribution in [0.3, 0.4) is 0 Å². The van der Waals surface area contributed by atoms with Crippen molar-refractivity contribution in [1.82, 2.24) is 0 Å². The normalized spacial score (nSPS) is 20.9. The summed E-state index contributed by atoms with van der Waals surface area (Å²) >= 11 is 0. The van der Waals surface area contributed by atoms with Gasteiger partial charge in [0.05, 0.1) is 18.8 Å². The number of hydrogen-bond acceptors (Lipinski definition) is 5. The first-order valence-corrected chi connectivity index (χ1v) is 17.1. The Morgan fingerprint density at radius 2 is 1.81 bits per heavy atom. The summed E-state index contributed by atoms with van der Waals surface area (Å²) in [6.45, 7) is 19.5. The molecule has 1 fully saturated rings. The highest BCUT2D eigenvalue weighted by atomic mass is 28.4. The van der Waals surface area contributed by atoms with Crippen LogP contribution in [0, 0.1) is 11.8 Å². The number of rotatable bonds is 17. The Morgan fingerprint density at radius 3 is 2.32 bits per heavy atom. The molecule has 1 heterocycles. The van der Waals surface area contributed by atoms with Crippen molar-refractivity contribution in [1.29, 1.82) is 0 Å². The average Bonchev–Trinajstić information content (AvgIpc) is 3.12. The van der Waals surface area contributed by atoms with E-state index in [1.807, 2.05) is 26.0 Å². The molecule has 37 heavy (non-hydrogen) atoms. The maximum Gasteiger partial charge on any atom is 0.303 e. The van der Waals surface area contributed by atoms with Gasteiger partial charge in [-0.05, 0) is 64.6 Å². The van der Waals surface area contributed by atoms with Gasteiger partial charge in [0, 0.05) is 18.3 Å². The molecule has 0 bridgehead atoms. The highest BCUT2D eigenvalue weighted by molar-refractivity contribution is 6.74. The minimum absolute atomic E-state index is 0.00411. The number of ketones is 1. The van der Waals surface area contributed by atoms with Gasteiger partial charge in [-0.2, -0.15) is 0 Å². The zero-order valence-electron chi connectivity index (χ0n) is 25.0.